The lowest BCUT2D eigenvalue weighted by molar-refractivity contribution is 0.102. The van der Waals surface area contributed by atoms with Gasteiger partial charge in [0.15, 0.2) is 0 Å². The van der Waals surface area contributed by atoms with Gasteiger partial charge in [0.05, 0.1) is 5.56 Å². The number of carbonyl (C=O) groups is 1. The van der Waals surface area contributed by atoms with Gasteiger partial charge >= 0.3 is 6.01 Å². The van der Waals surface area contributed by atoms with Crippen molar-refractivity contribution in [3.63, 3.8) is 0 Å². The van der Waals surface area contributed by atoms with Gasteiger partial charge in [-0.3, -0.25) is 4.79 Å². The third kappa shape index (κ3) is 4.08. The maximum absolute atomic E-state index is 12.5. The normalized spacial score (nSPS) is 10.2. The van der Waals surface area contributed by atoms with Gasteiger partial charge in [-0.1, -0.05) is 0 Å². The van der Waals surface area contributed by atoms with Crippen LogP contribution in [0.25, 0.3) is 0 Å². The highest BCUT2D eigenvalue weighted by Gasteiger charge is 2.13. The van der Waals surface area contributed by atoms with Gasteiger partial charge in [0.25, 0.3) is 5.91 Å². The van der Waals surface area contributed by atoms with Crippen molar-refractivity contribution in [2.45, 2.75) is 0 Å². The van der Waals surface area contributed by atoms with E-state index in [0.29, 0.717) is 22.8 Å². The zero-order chi connectivity index (χ0) is 17.6. The Morgan fingerprint density at radius 3 is 2.32 bits per heavy atom. The Bertz CT molecular complexity index is 851. The fourth-order valence-electron chi connectivity index (χ4n) is 2.18. The molecule has 0 saturated carbocycles. The van der Waals surface area contributed by atoms with Crippen LogP contribution in [0.5, 0.6) is 11.8 Å². The van der Waals surface area contributed by atoms with Crippen LogP contribution in [0.2, 0.25) is 0 Å². The van der Waals surface area contributed by atoms with E-state index < -0.39 is 0 Å². The van der Waals surface area contributed by atoms with Gasteiger partial charge in [-0.25, -0.2) is 15.0 Å². The highest BCUT2D eigenvalue weighted by atomic mass is 16.5. The summed E-state index contributed by atoms with van der Waals surface area (Å²) in [6.45, 7) is 0. The molecule has 0 aliphatic rings. The van der Waals surface area contributed by atoms with Crippen LogP contribution in [0, 0.1) is 0 Å². The Balaban J connectivity index is 1.70. The summed E-state index contributed by atoms with van der Waals surface area (Å²) in [6.07, 6.45) is 4.87. The molecule has 0 atom stereocenters. The van der Waals surface area contributed by atoms with Gasteiger partial charge in [0.2, 0.25) is 0 Å². The summed E-state index contributed by atoms with van der Waals surface area (Å²) in [5.74, 6) is 0.970. The van der Waals surface area contributed by atoms with Crippen LogP contribution in [0.4, 0.5) is 11.5 Å². The molecule has 1 aromatic carbocycles. The monoisotopic (exact) mass is 335 g/mol. The second-order valence-corrected chi connectivity index (χ2v) is 5.38. The van der Waals surface area contributed by atoms with Gasteiger partial charge < -0.3 is 15.0 Å². The number of ether oxygens (including phenoxy) is 1. The van der Waals surface area contributed by atoms with E-state index in [1.807, 2.05) is 14.1 Å². The Morgan fingerprint density at radius 1 is 0.960 bits per heavy atom. The molecule has 3 rings (SSSR count). The topological polar surface area (TPSA) is 80.2 Å². The zero-order valence-corrected chi connectivity index (χ0v) is 13.9. The summed E-state index contributed by atoms with van der Waals surface area (Å²) in [5, 5.41) is 2.85. The minimum absolute atomic E-state index is 0.225. The average Bonchev–Trinajstić information content (AvgIpc) is 2.64. The molecule has 25 heavy (non-hydrogen) atoms. The van der Waals surface area contributed by atoms with Crippen molar-refractivity contribution in [3.8, 4) is 11.8 Å². The molecule has 0 spiro atoms. The molecule has 3 aromatic rings. The van der Waals surface area contributed by atoms with Crippen molar-refractivity contribution in [1.29, 1.82) is 0 Å². The first-order valence-electron chi connectivity index (χ1n) is 7.62. The summed E-state index contributed by atoms with van der Waals surface area (Å²) in [4.78, 5) is 26.5. The van der Waals surface area contributed by atoms with Crippen LogP contribution in [0.1, 0.15) is 10.4 Å². The Hall–Kier alpha value is -3.48. The Morgan fingerprint density at radius 2 is 1.64 bits per heavy atom. The summed E-state index contributed by atoms with van der Waals surface area (Å²) in [7, 11) is 3.69. The van der Waals surface area contributed by atoms with Crippen molar-refractivity contribution in [2.75, 3.05) is 24.3 Å². The van der Waals surface area contributed by atoms with Crippen LogP contribution < -0.4 is 15.0 Å². The number of aromatic nitrogens is 3. The lowest BCUT2D eigenvalue weighted by Crippen LogP contribution is -2.19. The largest absolute Gasteiger partial charge is 0.424 e. The Kier molecular flexibility index (Phi) is 4.84. The molecule has 0 fully saturated rings. The van der Waals surface area contributed by atoms with E-state index in [1.54, 1.807) is 66.0 Å². The number of carbonyl (C=O) groups excluding carboxylic acids is 1. The number of rotatable bonds is 5. The quantitative estimate of drug-likeness (QED) is 0.772. The summed E-state index contributed by atoms with van der Waals surface area (Å²) in [6, 6.07) is 12.4. The van der Waals surface area contributed by atoms with E-state index in [1.165, 1.54) is 0 Å². The molecular weight excluding hydrogens is 318 g/mol. The summed E-state index contributed by atoms with van der Waals surface area (Å²) >= 11 is 0. The van der Waals surface area contributed by atoms with Gasteiger partial charge in [-0.15, -0.1) is 0 Å². The van der Waals surface area contributed by atoms with Gasteiger partial charge in [-0.05, 0) is 42.5 Å². The third-order valence-electron chi connectivity index (χ3n) is 3.32. The molecule has 1 amide bonds. The van der Waals surface area contributed by atoms with Crippen molar-refractivity contribution in [1.82, 2.24) is 15.0 Å². The van der Waals surface area contributed by atoms with Gasteiger partial charge in [0.1, 0.15) is 11.6 Å². The second-order valence-electron chi connectivity index (χ2n) is 5.38. The minimum Gasteiger partial charge on any atom is -0.424 e. The van der Waals surface area contributed by atoms with Crippen LogP contribution in [0.3, 0.4) is 0 Å². The first kappa shape index (κ1) is 16.4. The highest BCUT2D eigenvalue weighted by molar-refractivity contribution is 6.07. The van der Waals surface area contributed by atoms with Gasteiger partial charge in [0, 0.05) is 38.4 Å². The number of benzene rings is 1. The summed E-state index contributed by atoms with van der Waals surface area (Å²) in [5.41, 5.74) is 1.16. The molecule has 2 aromatic heterocycles. The molecule has 7 nitrogen and oxygen atoms in total. The van der Waals surface area contributed by atoms with Crippen molar-refractivity contribution in [2.24, 2.45) is 0 Å². The van der Waals surface area contributed by atoms with Crippen molar-refractivity contribution >= 4 is 17.4 Å². The van der Waals surface area contributed by atoms with Crippen LogP contribution >= 0.6 is 0 Å². The molecule has 0 radical (unpaired) electrons. The van der Waals surface area contributed by atoms with E-state index >= 15 is 0 Å². The number of pyridine rings is 1. The molecule has 126 valence electrons. The molecule has 7 heteroatoms. The zero-order valence-electron chi connectivity index (χ0n) is 13.9. The average molecular weight is 335 g/mol. The molecule has 0 aliphatic carbocycles. The summed E-state index contributed by atoms with van der Waals surface area (Å²) < 4.78 is 5.52. The van der Waals surface area contributed by atoms with Crippen LogP contribution in [-0.2, 0) is 0 Å². The number of nitrogens with one attached hydrogen (secondary N) is 1. The van der Waals surface area contributed by atoms with Crippen LogP contribution in [0.15, 0.2) is 61.1 Å². The number of anilines is 2. The molecule has 1 N–H and O–H groups in total. The fourth-order valence-corrected chi connectivity index (χ4v) is 2.18. The lowest BCUT2D eigenvalue weighted by Gasteiger charge is -2.15. The highest BCUT2D eigenvalue weighted by Crippen LogP contribution is 2.21. The molecule has 0 saturated heterocycles. The van der Waals surface area contributed by atoms with Crippen molar-refractivity contribution in [3.05, 3.63) is 66.6 Å². The first-order chi connectivity index (χ1) is 12.1. The fraction of sp³-hybridized carbons (Fsp3) is 0.111. The first-order valence-corrected chi connectivity index (χ1v) is 7.62. The van der Waals surface area contributed by atoms with Crippen molar-refractivity contribution < 1.29 is 9.53 Å². The molecule has 0 unspecified atom stereocenters. The maximum atomic E-state index is 12.5. The SMILES string of the molecule is CN(C)c1ncccc1C(=O)Nc1ccc(Oc2ncccn2)cc1. The van der Waals surface area contributed by atoms with Crippen LogP contribution in [-0.4, -0.2) is 35.0 Å². The van der Waals surface area contributed by atoms with E-state index in [2.05, 4.69) is 20.3 Å². The lowest BCUT2D eigenvalue weighted by atomic mass is 10.2. The van der Waals surface area contributed by atoms with E-state index in [0.717, 1.165) is 0 Å². The maximum Gasteiger partial charge on any atom is 0.321 e. The smallest absolute Gasteiger partial charge is 0.321 e. The second kappa shape index (κ2) is 7.39. The van der Waals surface area contributed by atoms with E-state index in [-0.39, 0.29) is 11.9 Å². The predicted molar refractivity (Wildman–Crippen MR) is 95.1 cm³/mol. The van der Waals surface area contributed by atoms with Gasteiger partial charge in [-0.2, -0.15) is 0 Å². The number of amides is 1. The number of hydrogen-bond acceptors (Lipinski definition) is 6. The minimum atomic E-state index is -0.225. The molecule has 0 aliphatic heterocycles. The molecular formula is C18H17N5O2. The third-order valence-corrected chi connectivity index (χ3v) is 3.32. The molecule has 2 heterocycles. The predicted octanol–water partition coefficient (Wildman–Crippen LogP) is 2.98. The molecule has 0 bridgehead atoms. The standard InChI is InChI=1S/C18H17N5O2/c1-23(2)16-15(5-3-10-19-16)17(24)22-13-6-8-14(9-7-13)25-18-20-11-4-12-21-18/h3-12H,1-2H3,(H,22,24). The number of nitrogens with zero attached hydrogens (tertiary/aromatic N) is 4. The Labute approximate surface area is 145 Å². The van der Waals surface area contributed by atoms with E-state index in [4.69, 9.17) is 4.74 Å². The number of hydrogen-bond donors (Lipinski definition) is 1. The van der Waals surface area contributed by atoms with E-state index in [9.17, 15) is 4.79 Å².